The standard InChI is InChI=1S/C13H12F3N3S/c1-7-3-4-9(17)5-10(7)8(2)18-12-19-11(6-20-12)13(14,15)16/h3-6H,2,17H2,1H3,(H,18,19). The number of thiazole rings is 1. The van der Waals surface area contributed by atoms with Crippen molar-refractivity contribution >= 4 is 27.9 Å². The lowest BCUT2D eigenvalue weighted by molar-refractivity contribution is -0.140. The molecule has 2 aromatic rings. The van der Waals surface area contributed by atoms with E-state index in [4.69, 9.17) is 5.73 Å². The highest BCUT2D eigenvalue weighted by atomic mass is 32.1. The van der Waals surface area contributed by atoms with Gasteiger partial charge in [-0.1, -0.05) is 12.6 Å². The summed E-state index contributed by atoms with van der Waals surface area (Å²) in [6, 6.07) is 5.28. The molecule has 3 N–H and O–H groups in total. The van der Waals surface area contributed by atoms with Gasteiger partial charge in [-0.2, -0.15) is 13.2 Å². The van der Waals surface area contributed by atoms with Gasteiger partial charge in [-0.05, 0) is 24.6 Å². The van der Waals surface area contributed by atoms with Gasteiger partial charge in [0.15, 0.2) is 10.8 Å². The van der Waals surface area contributed by atoms with Crippen molar-refractivity contribution in [2.75, 3.05) is 11.1 Å². The minimum absolute atomic E-state index is 0.143. The van der Waals surface area contributed by atoms with Crippen LogP contribution in [0.15, 0.2) is 30.2 Å². The molecule has 0 saturated carbocycles. The molecular formula is C13H12F3N3S. The summed E-state index contributed by atoms with van der Waals surface area (Å²) in [5.74, 6) is 0. The first-order valence-electron chi connectivity index (χ1n) is 5.62. The second-order valence-corrected chi connectivity index (χ2v) is 5.07. The second kappa shape index (κ2) is 5.16. The van der Waals surface area contributed by atoms with E-state index in [1.54, 1.807) is 12.1 Å². The molecule has 0 amide bonds. The van der Waals surface area contributed by atoms with Gasteiger partial charge in [-0.25, -0.2) is 4.98 Å². The Morgan fingerprint density at radius 1 is 1.40 bits per heavy atom. The van der Waals surface area contributed by atoms with Crippen LogP contribution in [0.4, 0.5) is 24.0 Å². The quantitative estimate of drug-likeness (QED) is 0.838. The second-order valence-electron chi connectivity index (χ2n) is 4.21. The largest absolute Gasteiger partial charge is 0.434 e. The molecule has 0 aliphatic rings. The lowest BCUT2D eigenvalue weighted by atomic mass is 10.1. The van der Waals surface area contributed by atoms with Crippen molar-refractivity contribution in [3.63, 3.8) is 0 Å². The molecule has 1 heterocycles. The topological polar surface area (TPSA) is 50.9 Å². The van der Waals surface area contributed by atoms with Gasteiger partial charge in [0.05, 0.1) is 0 Å². The Labute approximate surface area is 118 Å². The van der Waals surface area contributed by atoms with Gasteiger partial charge in [-0.15, -0.1) is 11.3 Å². The fraction of sp³-hybridized carbons (Fsp3) is 0.154. The molecule has 0 radical (unpaired) electrons. The van der Waals surface area contributed by atoms with E-state index in [0.29, 0.717) is 11.4 Å². The summed E-state index contributed by atoms with van der Waals surface area (Å²) in [7, 11) is 0. The first kappa shape index (κ1) is 14.4. The van der Waals surface area contributed by atoms with Crippen LogP contribution in [0.5, 0.6) is 0 Å². The highest BCUT2D eigenvalue weighted by molar-refractivity contribution is 7.13. The molecule has 0 fully saturated rings. The monoisotopic (exact) mass is 299 g/mol. The van der Waals surface area contributed by atoms with Crippen molar-refractivity contribution in [3.8, 4) is 0 Å². The van der Waals surface area contributed by atoms with Crippen LogP contribution in [0.1, 0.15) is 16.8 Å². The zero-order valence-corrected chi connectivity index (χ0v) is 11.4. The van der Waals surface area contributed by atoms with E-state index < -0.39 is 11.9 Å². The van der Waals surface area contributed by atoms with Gasteiger partial charge in [0.2, 0.25) is 0 Å². The Kier molecular flexibility index (Phi) is 3.71. The highest BCUT2D eigenvalue weighted by Gasteiger charge is 2.33. The molecule has 3 nitrogen and oxygen atoms in total. The third-order valence-corrected chi connectivity index (χ3v) is 3.40. The molecule has 20 heavy (non-hydrogen) atoms. The summed E-state index contributed by atoms with van der Waals surface area (Å²) in [5.41, 5.74) is 7.45. The molecule has 0 unspecified atom stereocenters. The molecule has 0 atom stereocenters. The van der Waals surface area contributed by atoms with Gasteiger partial charge < -0.3 is 11.1 Å². The van der Waals surface area contributed by atoms with Crippen molar-refractivity contribution in [1.29, 1.82) is 0 Å². The minimum Gasteiger partial charge on any atom is -0.399 e. The number of nitrogens with two attached hydrogens (primary N) is 1. The average molecular weight is 299 g/mol. The number of benzene rings is 1. The summed E-state index contributed by atoms with van der Waals surface area (Å²) >= 11 is 0.875. The number of anilines is 2. The number of aromatic nitrogens is 1. The molecule has 2 rings (SSSR count). The molecule has 106 valence electrons. The molecule has 7 heteroatoms. The van der Waals surface area contributed by atoms with Crippen molar-refractivity contribution in [3.05, 3.63) is 47.0 Å². The molecule has 0 spiro atoms. The summed E-state index contributed by atoms with van der Waals surface area (Å²) < 4.78 is 37.4. The van der Waals surface area contributed by atoms with Gasteiger partial charge in [0.25, 0.3) is 0 Å². The van der Waals surface area contributed by atoms with E-state index in [1.165, 1.54) is 0 Å². The van der Waals surface area contributed by atoms with E-state index in [2.05, 4.69) is 16.9 Å². The van der Waals surface area contributed by atoms with E-state index in [1.807, 2.05) is 13.0 Å². The molecule has 1 aromatic heterocycles. The van der Waals surface area contributed by atoms with Crippen LogP contribution >= 0.6 is 11.3 Å². The van der Waals surface area contributed by atoms with E-state index in [9.17, 15) is 13.2 Å². The number of nitrogen functional groups attached to an aromatic ring is 1. The van der Waals surface area contributed by atoms with Crippen LogP contribution in [-0.2, 0) is 6.18 Å². The van der Waals surface area contributed by atoms with Gasteiger partial charge in [0.1, 0.15) is 0 Å². The maximum absolute atomic E-state index is 12.5. The third kappa shape index (κ3) is 3.11. The third-order valence-electron chi connectivity index (χ3n) is 2.64. The Morgan fingerprint density at radius 2 is 2.10 bits per heavy atom. The van der Waals surface area contributed by atoms with Crippen molar-refractivity contribution in [1.82, 2.24) is 4.98 Å². The zero-order chi connectivity index (χ0) is 14.9. The number of halogens is 3. The fourth-order valence-corrected chi connectivity index (χ4v) is 2.37. The first-order valence-corrected chi connectivity index (χ1v) is 6.50. The van der Waals surface area contributed by atoms with E-state index in [0.717, 1.165) is 27.8 Å². The van der Waals surface area contributed by atoms with Gasteiger partial charge in [-0.3, -0.25) is 0 Å². The molecule has 0 aliphatic carbocycles. The summed E-state index contributed by atoms with van der Waals surface area (Å²) in [5, 5.41) is 3.88. The maximum atomic E-state index is 12.5. The van der Waals surface area contributed by atoms with Crippen LogP contribution < -0.4 is 11.1 Å². The molecular weight excluding hydrogens is 287 g/mol. The number of hydrogen-bond acceptors (Lipinski definition) is 4. The van der Waals surface area contributed by atoms with Crippen LogP contribution in [0.2, 0.25) is 0 Å². The predicted octanol–water partition coefficient (Wildman–Crippen LogP) is 4.14. The molecule has 0 bridgehead atoms. The lowest BCUT2D eigenvalue weighted by Gasteiger charge is -2.11. The number of nitrogens with one attached hydrogen (secondary N) is 1. The summed E-state index contributed by atoms with van der Waals surface area (Å²) in [6.45, 7) is 5.68. The SMILES string of the molecule is C=C(Nc1nc(C(F)(F)F)cs1)c1cc(N)ccc1C. The van der Waals surface area contributed by atoms with Gasteiger partial charge >= 0.3 is 6.18 Å². The number of rotatable bonds is 3. The number of nitrogens with zero attached hydrogens (tertiary/aromatic N) is 1. The number of aryl methyl sites for hydroxylation is 1. The van der Waals surface area contributed by atoms with Crippen LogP contribution in [-0.4, -0.2) is 4.98 Å². The van der Waals surface area contributed by atoms with Crippen molar-refractivity contribution in [2.24, 2.45) is 0 Å². The highest BCUT2D eigenvalue weighted by Crippen LogP contribution is 2.32. The van der Waals surface area contributed by atoms with Crippen LogP contribution in [0.25, 0.3) is 5.70 Å². The molecule has 0 aliphatic heterocycles. The van der Waals surface area contributed by atoms with Crippen LogP contribution in [0.3, 0.4) is 0 Å². The van der Waals surface area contributed by atoms with E-state index in [-0.39, 0.29) is 5.13 Å². The number of alkyl halides is 3. The Hall–Kier alpha value is -2.02. The first-order chi connectivity index (χ1) is 9.27. The van der Waals surface area contributed by atoms with Gasteiger partial charge in [0, 0.05) is 22.3 Å². The Morgan fingerprint density at radius 3 is 2.70 bits per heavy atom. The molecule has 0 saturated heterocycles. The Balaban J connectivity index is 2.20. The van der Waals surface area contributed by atoms with E-state index >= 15 is 0 Å². The fourth-order valence-electron chi connectivity index (χ4n) is 1.62. The smallest absolute Gasteiger partial charge is 0.399 e. The maximum Gasteiger partial charge on any atom is 0.434 e. The summed E-state index contributed by atoms with van der Waals surface area (Å²) in [4.78, 5) is 3.49. The van der Waals surface area contributed by atoms with Crippen LogP contribution in [0, 0.1) is 6.92 Å². The average Bonchev–Trinajstić information content (AvgIpc) is 2.80. The van der Waals surface area contributed by atoms with Crippen molar-refractivity contribution in [2.45, 2.75) is 13.1 Å². The molecule has 1 aromatic carbocycles. The zero-order valence-electron chi connectivity index (χ0n) is 10.6. The predicted molar refractivity (Wildman–Crippen MR) is 75.4 cm³/mol. The van der Waals surface area contributed by atoms with Crippen molar-refractivity contribution < 1.29 is 13.2 Å². The summed E-state index contributed by atoms with van der Waals surface area (Å²) in [6.07, 6.45) is -4.44. The minimum atomic E-state index is -4.44. The number of hydrogen-bond donors (Lipinski definition) is 2. The lowest BCUT2D eigenvalue weighted by Crippen LogP contribution is -2.06. The Bertz CT molecular complexity index is 647. The normalized spacial score (nSPS) is 11.4.